The molecular formula is C11H12N2O. The number of aryl methyl sites for hydroxylation is 1. The average molecular weight is 188 g/mol. The average Bonchev–Trinajstić information content (AvgIpc) is 2.45. The number of Topliss-reactive ketones (excluding diaryl/α,β-unsaturated/α-hetero) is 1. The van der Waals surface area contributed by atoms with Crippen molar-refractivity contribution in [1.82, 2.24) is 9.61 Å². The lowest BCUT2D eigenvalue weighted by atomic mass is 10.1. The summed E-state index contributed by atoms with van der Waals surface area (Å²) in [4.78, 5) is 11.0. The van der Waals surface area contributed by atoms with Gasteiger partial charge < -0.3 is 0 Å². The fourth-order valence-electron chi connectivity index (χ4n) is 1.61. The van der Waals surface area contributed by atoms with Crippen LogP contribution in [0.1, 0.15) is 18.2 Å². The van der Waals surface area contributed by atoms with Crippen molar-refractivity contribution in [2.24, 2.45) is 0 Å². The normalized spacial score (nSPS) is 10.7. The van der Waals surface area contributed by atoms with Crippen LogP contribution in [0.25, 0.3) is 5.52 Å². The maximum Gasteiger partial charge on any atom is 0.134 e. The van der Waals surface area contributed by atoms with Gasteiger partial charge in [-0.25, -0.2) is 4.52 Å². The van der Waals surface area contributed by atoms with Crippen molar-refractivity contribution in [1.29, 1.82) is 0 Å². The fourth-order valence-corrected chi connectivity index (χ4v) is 1.61. The lowest BCUT2D eigenvalue weighted by Crippen LogP contribution is -1.99. The van der Waals surface area contributed by atoms with Crippen molar-refractivity contribution in [2.45, 2.75) is 20.3 Å². The Kier molecular flexibility index (Phi) is 2.08. The van der Waals surface area contributed by atoms with E-state index in [0.717, 1.165) is 16.8 Å². The van der Waals surface area contributed by atoms with E-state index in [1.807, 2.05) is 35.8 Å². The molecule has 0 unspecified atom stereocenters. The number of fused-ring (bicyclic) bond motifs is 1. The molecule has 2 aromatic rings. The first-order chi connectivity index (χ1) is 6.66. The molecular weight excluding hydrogens is 176 g/mol. The van der Waals surface area contributed by atoms with Gasteiger partial charge in [-0.3, -0.25) is 4.79 Å². The van der Waals surface area contributed by atoms with E-state index >= 15 is 0 Å². The summed E-state index contributed by atoms with van der Waals surface area (Å²) in [5, 5.41) is 4.29. The molecule has 0 aromatic carbocycles. The van der Waals surface area contributed by atoms with Gasteiger partial charge in [-0.2, -0.15) is 5.10 Å². The molecule has 72 valence electrons. The van der Waals surface area contributed by atoms with Crippen LogP contribution < -0.4 is 0 Å². The Morgan fingerprint density at radius 1 is 1.57 bits per heavy atom. The first-order valence-corrected chi connectivity index (χ1v) is 4.60. The molecule has 0 bridgehead atoms. The predicted octanol–water partition coefficient (Wildman–Crippen LogP) is 1.77. The number of pyridine rings is 1. The highest BCUT2D eigenvalue weighted by Gasteiger charge is 2.05. The molecule has 0 aliphatic rings. The SMILES string of the molecule is CC(=O)Cc1cccn2nc(C)cc12. The summed E-state index contributed by atoms with van der Waals surface area (Å²) in [6.45, 7) is 3.55. The Bertz CT molecular complexity index is 485. The van der Waals surface area contributed by atoms with Gasteiger partial charge in [0.2, 0.25) is 0 Å². The van der Waals surface area contributed by atoms with Crippen molar-refractivity contribution < 1.29 is 4.79 Å². The van der Waals surface area contributed by atoms with Crippen LogP contribution in [0.5, 0.6) is 0 Å². The highest BCUT2D eigenvalue weighted by molar-refractivity contribution is 5.80. The van der Waals surface area contributed by atoms with Crippen LogP contribution in [0.4, 0.5) is 0 Å². The van der Waals surface area contributed by atoms with Gasteiger partial charge in [0.05, 0.1) is 11.2 Å². The Morgan fingerprint density at radius 2 is 2.36 bits per heavy atom. The molecule has 0 amide bonds. The molecule has 2 aromatic heterocycles. The Balaban J connectivity index is 2.58. The number of hydrogen-bond donors (Lipinski definition) is 0. The third-order valence-electron chi connectivity index (χ3n) is 2.15. The van der Waals surface area contributed by atoms with Crippen LogP contribution in [0.2, 0.25) is 0 Å². The highest BCUT2D eigenvalue weighted by Crippen LogP contribution is 2.12. The van der Waals surface area contributed by atoms with Crippen molar-refractivity contribution in [3.05, 3.63) is 35.7 Å². The number of ketones is 1. The summed E-state index contributed by atoms with van der Waals surface area (Å²) in [5.74, 6) is 0.178. The van der Waals surface area contributed by atoms with E-state index in [1.54, 1.807) is 6.92 Å². The number of rotatable bonds is 2. The van der Waals surface area contributed by atoms with E-state index in [2.05, 4.69) is 5.10 Å². The van der Waals surface area contributed by atoms with Gasteiger partial charge in [0.25, 0.3) is 0 Å². The zero-order valence-electron chi connectivity index (χ0n) is 8.32. The second kappa shape index (κ2) is 3.25. The van der Waals surface area contributed by atoms with Gasteiger partial charge in [-0.1, -0.05) is 6.07 Å². The number of hydrogen-bond acceptors (Lipinski definition) is 2. The lowest BCUT2D eigenvalue weighted by molar-refractivity contribution is -0.116. The zero-order valence-corrected chi connectivity index (χ0v) is 8.32. The van der Waals surface area contributed by atoms with E-state index < -0.39 is 0 Å². The summed E-state index contributed by atoms with van der Waals surface area (Å²) in [6.07, 6.45) is 2.38. The molecule has 0 aliphatic carbocycles. The van der Waals surface area contributed by atoms with Gasteiger partial charge in [0, 0.05) is 12.6 Å². The van der Waals surface area contributed by atoms with Gasteiger partial charge in [-0.15, -0.1) is 0 Å². The minimum atomic E-state index is 0.178. The molecule has 2 rings (SSSR count). The maximum atomic E-state index is 11.0. The largest absolute Gasteiger partial charge is 0.300 e. The van der Waals surface area contributed by atoms with Gasteiger partial charge in [0.15, 0.2) is 0 Å². The number of aromatic nitrogens is 2. The minimum absolute atomic E-state index is 0.178. The summed E-state index contributed by atoms with van der Waals surface area (Å²) in [7, 11) is 0. The molecule has 0 atom stereocenters. The first kappa shape index (κ1) is 8.94. The third-order valence-corrected chi connectivity index (χ3v) is 2.15. The van der Waals surface area contributed by atoms with Gasteiger partial charge in [0.1, 0.15) is 5.78 Å². The van der Waals surface area contributed by atoms with E-state index in [0.29, 0.717) is 6.42 Å². The maximum absolute atomic E-state index is 11.0. The van der Waals surface area contributed by atoms with Crippen LogP contribution in [0.3, 0.4) is 0 Å². The Hall–Kier alpha value is -1.64. The van der Waals surface area contributed by atoms with Crippen LogP contribution in [0.15, 0.2) is 24.4 Å². The Morgan fingerprint density at radius 3 is 3.07 bits per heavy atom. The van der Waals surface area contributed by atoms with Crippen LogP contribution in [0, 0.1) is 6.92 Å². The second-order valence-corrected chi connectivity index (χ2v) is 3.53. The molecule has 0 aliphatic heterocycles. The molecule has 14 heavy (non-hydrogen) atoms. The fraction of sp³-hybridized carbons (Fsp3) is 0.273. The quantitative estimate of drug-likeness (QED) is 0.719. The van der Waals surface area contributed by atoms with Crippen molar-refractivity contribution >= 4 is 11.3 Å². The van der Waals surface area contributed by atoms with Crippen molar-refractivity contribution in [2.75, 3.05) is 0 Å². The lowest BCUT2D eigenvalue weighted by Gasteiger charge is -2.00. The molecule has 3 heteroatoms. The van der Waals surface area contributed by atoms with Crippen molar-refractivity contribution in [3.8, 4) is 0 Å². The van der Waals surface area contributed by atoms with Gasteiger partial charge >= 0.3 is 0 Å². The highest BCUT2D eigenvalue weighted by atomic mass is 16.1. The van der Waals surface area contributed by atoms with E-state index in [-0.39, 0.29) is 5.78 Å². The van der Waals surface area contributed by atoms with Crippen LogP contribution in [-0.2, 0) is 11.2 Å². The molecule has 3 nitrogen and oxygen atoms in total. The number of carbonyl (C=O) groups is 1. The van der Waals surface area contributed by atoms with E-state index in [1.165, 1.54) is 0 Å². The topological polar surface area (TPSA) is 34.4 Å². The number of nitrogens with zero attached hydrogens (tertiary/aromatic N) is 2. The molecule has 0 fully saturated rings. The van der Waals surface area contributed by atoms with Crippen LogP contribution in [-0.4, -0.2) is 15.4 Å². The van der Waals surface area contributed by atoms with Crippen LogP contribution >= 0.6 is 0 Å². The van der Waals surface area contributed by atoms with Gasteiger partial charge in [-0.05, 0) is 31.5 Å². The first-order valence-electron chi connectivity index (χ1n) is 4.60. The molecule has 0 radical (unpaired) electrons. The third kappa shape index (κ3) is 1.53. The minimum Gasteiger partial charge on any atom is -0.300 e. The van der Waals surface area contributed by atoms with E-state index in [4.69, 9.17) is 0 Å². The molecule has 0 saturated heterocycles. The molecule has 0 saturated carbocycles. The molecule has 2 heterocycles. The second-order valence-electron chi connectivity index (χ2n) is 3.53. The summed E-state index contributed by atoms with van der Waals surface area (Å²) >= 11 is 0. The van der Waals surface area contributed by atoms with Crippen molar-refractivity contribution in [3.63, 3.8) is 0 Å². The zero-order chi connectivity index (χ0) is 10.1. The predicted molar refractivity (Wildman–Crippen MR) is 54.3 cm³/mol. The Labute approximate surface area is 82.4 Å². The summed E-state index contributed by atoms with van der Waals surface area (Å²) in [6, 6.07) is 5.88. The van der Waals surface area contributed by atoms with E-state index in [9.17, 15) is 4.79 Å². The summed E-state index contributed by atoms with van der Waals surface area (Å²) < 4.78 is 1.81. The standard InChI is InChI=1S/C11H12N2O/c1-8-6-11-10(7-9(2)14)4-3-5-13(11)12-8/h3-6H,7H2,1-2H3. The molecule has 0 spiro atoms. The smallest absolute Gasteiger partial charge is 0.134 e. The monoisotopic (exact) mass is 188 g/mol. The summed E-state index contributed by atoms with van der Waals surface area (Å²) in [5.41, 5.74) is 3.04. The molecule has 0 N–H and O–H groups in total. The number of carbonyl (C=O) groups excluding carboxylic acids is 1.